The quantitative estimate of drug-likeness (QED) is 0.688. The minimum Gasteiger partial charge on any atom is -0.449 e. The third-order valence-corrected chi connectivity index (χ3v) is 1.66. The van der Waals surface area contributed by atoms with Crippen molar-refractivity contribution in [3.05, 3.63) is 30.1 Å². The largest absolute Gasteiger partial charge is 0.449 e. The van der Waals surface area contributed by atoms with Gasteiger partial charge >= 0.3 is 12.1 Å². The molecule has 0 aliphatic heterocycles. The highest BCUT2D eigenvalue weighted by Crippen LogP contribution is 2.07. The van der Waals surface area contributed by atoms with Crippen LogP contribution in [0.2, 0.25) is 0 Å². The molecule has 0 heterocycles. The highest BCUT2D eigenvalue weighted by atomic mass is 19.1. The first-order chi connectivity index (χ1) is 8.11. The fraction of sp³-hybridized carbons (Fsp3) is 0.200. The number of ether oxygens (including phenoxy) is 1. The average molecular weight is 241 g/mol. The number of amides is 3. The van der Waals surface area contributed by atoms with Crippen LogP contribution in [-0.2, 0) is 4.74 Å². The van der Waals surface area contributed by atoms with E-state index >= 15 is 0 Å². The monoisotopic (exact) mass is 241 g/mol. The standard InChI is InChI=1S/C10H12FN3O3/c1-2-17-10(16)14-13-9(15)12-8-5-3-7(11)4-6-8/h3-6H,2H2,1H3,(H,14,16)(H2,12,13,15). The van der Waals surface area contributed by atoms with Crippen molar-refractivity contribution in [1.29, 1.82) is 0 Å². The molecule has 0 saturated heterocycles. The van der Waals surface area contributed by atoms with Crippen LogP contribution in [-0.4, -0.2) is 18.7 Å². The highest BCUT2D eigenvalue weighted by Gasteiger charge is 2.04. The van der Waals surface area contributed by atoms with Gasteiger partial charge in [0.15, 0.2) is 0 Å². The molecule has 0 saturated carbocycles. The van der Waals surface area contributed by atoms with Crippen LogP contribution >= 0.6 is 0 Å². The first kappa shape index (κ1) is 12.8. The van der Waals surface area contributed by atoms with Crippen molar-refractivity contribution < 1.29 is 18.7 Å². The van der Waals surface area contributed by atoms with Crippen molar-refractivity contribution in [2.24, 2.45) is 0 Å². The molecule has 0 atom stereocenters. The summed E-state index contributed by atoms with van der Waals surface area (Å²) >= 11 is 0. The zero-order valence-electron chi connectivity index (χ0n) is 9.12. The summed E-state index contributed by atoms with van der Waals surface area (Å²) in [5.74, 6) is -0.402. The fourth-order valence-corrected chi connectivity index (χ4v) is 0.971. The zero-order chi connectivity index (χ0) is 12.7. The minimum absolute atomic E-state index is 0.201. The number of halogens is 1. The highest BCUT2D eigenvalue weighted by molar-refractivity contribution is 5.90. The summed E-state index contributed by atoms with van der Waals surface area (Å²) in [7, 11) is 0. The number of anilines is 1. The molecule has 3 N–H and O–H groups in total. The average Bonchev–Trinajstić information content (AvgIpc) is 2.30. The Labute approximate surface area is 97.1 Å². The van der Waals surface area contributed by atoms with Crippen LogP contribution in [0.5, 0.6) is 0 Å². The van der Waals surface area contributed by atoms with Crippen LogP contribution in [0.4, 0.5) is 19.7 Å². The van der Waals surface area contributed by atoms with Gasteiger partial charge in [0.05, 0.1) is 6.61 Å². The van der Waals surface area contributed by atoms with Gasteiger partial charge in [0.25, 0.3) is 0 Å². The third kappa shape index (κ3) is 4.83. The molecule has 0 aliphatic rings. The summed E-state index contributed by atoms with van der Waals surface area (Å²) < 4.78 is 17.1. The summed E-state index contributed by atoms with van der Waals surface area (Å²) in [6, 6.07) is 4.52. The maximum atomic E-state index is 12.6. The molecule has 0 spiro atoms. The van der Waals surface area contributed by atoms with Gasteiger partial charge in [-0.1, -0.05) is 0 Å². The molecular formula is C10H12FN3O3. The van der Waals surface area contributed by atoms with E-state index in [1.54, 1.807) is 6.92 Å². The molecule has 17 heavy (non-hydrogen) atoms. The van der Waals surface area contributed by atoms with E-state index in [1.807, 2.05) is 5.43 Å². The van der Waals surface area contributed by atoms with Gasteiger partial charge in [-0.05, 0) is 31.2 Å². The van der Waals surface area contributed by atoms with E-state index < -0.39 is 17.9 Å². The number of carbonyl (C=O) groups excluding carboxylic acids is 2. The van der Waals surface area contributed by atoms with Crippen LogP contribution in [0.15, 0.2) is 24.3 Å². The molecule has 3 amide bonds. The van der Waals surface area contributed by atoms with Gasteiger partial charge in [0.1, 0.15) is 5.82 Å². The topological polar surface area (TPSA) is 79.5 Å². The Hall–Kier alpha value is -2.31. The third-order valence-electron chi connectivity index (χ3n) is 1.66. The van der Waals surface area contributed by atoms with Crippen LogP contribution < -0.4 is 16.2 Å². The van der Waals surface area contributed by atoms with Crippen LogP contribution in [0.25, 0.3) is 0 Å². The first-order valence-corrected chi connectivity index (χ1v) is 4.87. The lowest BCUT2D eigenvalue weighted by atomic mass is 10.3. The molecule has 1 rings (SSSR count). The van der Waals surface area contributed by atoms with E-state index in [0.717, 1.165) is 0 Å². The molecule has 6 nitrogen and oxygen atoms in total. The van der Waals surface area contributed by atoms with Crippen molar-refractivity contribution in [2.45, 2.75) is 6.92 Å². The van der Waals surface area contributed by atoms with Crippen molar-refractivity contribution in [1.82, 2.24) is 10.9 Å². The van der Waals surface area contributed by atoms with Gasteiger partial charge in [-0.15, -0.1) is 0 Å². The Morgan fingerprint density at radius 2 is 1.88 bits per heavy atom. The minimum atomic E-state index is -0.762. The molecule has 92 valence electrons. The summed E-state index contributed by atoms with van der Waals surface area (Å²) in [4.78, 5) is 22.0. The second-order valence-electron chi connectivity index (χ2n) is 2.93. The predicted molar refractivity (Wildman–Crippen MR) is 58.7 cm³/mol. The van der Waals surface area contributed by atoms with Crippen molar-refractivity contribution >= 4 is 17.8 Å². The van der Waals surface area contributed by atoms with Crippen LogP contribution in [0.3, 0.4) is 0 Å². The second kappa shape index (κ2) is 6.31. The molecule has 0 aliphatic carbocycles. The molecule has 1 aromatic carbocycles. The lowest BCUT2D eigenvalue weighted by molar-refractivity contribution is 0.148. The van der Waals surface area contributed by atoms with E-state index in [2.05, 4.69) is 15.5 Å². The Bertz CT molecular complexity index is 394. The van der Waals surface area contributed by atoms with E-state index in [-0.39, 0.29) is 6.61 Å². The van der Waals surface area contributed by atoms with Crippen molar-refractivity contribution in [3.63, 3.8) is 0 Å². The van der Waals surface area contributed by atoms with Gasteiger partial charge in [-0.3, -0.25) is 0 Å². The first-order valence-electron chi connectivity index (χ1n) is 4.87. The van der Waals surface area contributed by atoms with E-state index in [1.165, 1.54) is 24.3 Å². The number of benzene rings is 1. The zero-order valence-corrected chi connectivity index (χ0v) is 9.12. The number of rotatable bonds is 2. The maximum absolute atomic E-state index is 12.6. The SMILES string of the molecule is CCOC(=O)NNC(=O)Nc1ccc(F)cc1. The number of hydrogen-bond acceptors (Lipinski definition) is 3. The van der Waals surface area contributed by atoms with Gasteiger partial charge in [-0.25, -0.2) is 24.8 Å². The smallest absolute Gasteiger partial charge is 0.426 e. The molecule has 0 radical (unpaired) electrons. The number of carbonyl (C=O) groups is 2. The van der Waals surface area contributed by atoms with E-state index in [4.69, 9.17) is 0 Å². The van der Waals surface area contributed by atoms with Crippen molar-refractivity contribution in [2.75, 3.05) is 11.9 Å². The van der Waals surface area contributed by atoms with E-state index in [0.29, 0.717) is 5.69 Å². The van der Waals surface area contributed by atoms with Gasteiger partial charge < -0.3 is 10.1 Å². The van der Waals surface area contributed by atoms with Gasteiger partial charge in [0.2, 0.25) is 0 Å². The number of urea groups is 1. The summed E-state index contributed by atoms with van der Waals surface area (Å²) in [6.07, 6.45) is -0.762. The summed E-state index contributed by atoms with van der Waals surface area (Å²) in [5.41, 5.74) is 4.48. The lowest BCUT2D eigenvalue weighted by Gasteiger charge is -2.08. The molecule has 0 fully saturated rings. The van der Waals surface area contributed by atoms with Crippen molar-refractivity contribution in [3.8, 4) is 0 Å². The van der Waals surface area contributed by atoms with E-state index in [9.17, 15) is 14.0 Å². The molecule has 0 aromatic heterocycles. The van der Waals surface area contributed by atoms with Gasteiger partial charge in [-0.2, -0.15) is 0 Å². The lowest BCUT2D eigenvalue weighted by Crippen LogP contribution is -2.44. The normalized spacial score (nSPS) is 9.29. The predicted octanol–water partition coefficient (Wildman–Crippen LogP) is 1.61. The number of hydrogen-bond donors (Lipinski definition) is 3. The molecule has 0 unspecified atom stereocenters. The molecule has 7 heteroatoms. The Balaban J connectivity index is 2.34. The molecule has 0 bridgehead atoms. The second-order valence-corrected chi connectivity index (χ2v) is 2.93. The Morgan fingerprint density at radius 3 is 2.47 bits per heavy atom. The Morgan fingerprint density at radius 1 is 1.24 bits per heavy atom. The maximum Gasteiger partial charge on any atom is 0.426 e. The number of hydrazine groups is 1. The van der Waals surface area contributed by atoms with Gasteiger partial charge in [0, 0.05) is 5.69 Å². The fourth-order valence-electron chi connectivity index (χ4n) is 0.971. The molecular weight excluding hydrogens is 229 g/mol. The summed E-state index contributed by atoms with van der Waals surface area (Å²) in [6.45, 7) is 1.84. The van der Waals surface area contributed by atoms with Crippen LogP contribution in [0, 0.1) is 5.82 Å². The Kier molecular flexibility index (Phi) is 4.74. The summed E-state index contributed by atoms with van der Waals surface area (Å²) in [5, 5.41) is 2.38. The molecule has 1 aromatic rings. The van der Waals surface area contributed by atoms with Crippen LogP contribution in [0.1, 0.15) is 6.92 Å². The number of nitrogens with one attached hydrogen (secondary N) is 3.